The van der Waals surface area contributed by atoms with E-state index in [1.807, 2.05) is 11.8 Å². The molecule has 1 aliphatic heterocycles. The fourth-order valence-corrected chi connectivity index (χ4v) is 3.33. The highest BCUT2D eigenvalue weighted by Gasteiger charge is 2.22. The zero-order valence-electron chi connectivity index (χ0n) is 17.4. The molecule has 31 heavy (non-hydrogen) atoms. The molecule has 0 spiro atoms. The second-order valence-corrected chi connectivity index (χ2v) is 7.24. The molecule has 1 fully saturated rings. The monoisotopic (exact) mass is 426 g/mol. The van der Waals surface area contributed by atoms with Gasteiger partial charge >= 0.3 is 0 Å². The van der Waals surface area contributed by atoms with Gasteiger partial charge in [0, 0.05) is 43.0 Å². The normalized spacial score (nSPS) is 13.5. The number of hydrogen-bond acceptors (Lipinski definition) is 6. The van der Waals surface area contributed by atoms with E-state index in [0.29, 0.717) is 49.8 Å². The van der Waals surface area contributed by atoms with Crippen LogP contribution in [0.5, 0.6) is 0 Å². The third-order valence-corrected chi connectivity index (χ3v) is 4.95. The van der Waals surface area contributed by atoms with E-state index in [1.165, 1.54) is 12.1 Å². The quantitative estimate of drug-likeness (QED) is 0.490. The summed E-state index contributed by atoms with van der Waals surface area (Å²) in [4.78, 5) is 37.7. The summed E-state index contributed by atoms with van der Waals surface area (Å²) in [5, 5.41) is 16.8. The molecule has 0 radical (unpaired) electrons. The van der Waals surface area contributed by atoms with E-state index >= 15 is 0 Å². The number of carbonyl (C=O) groups is 2. The van der Waals surface area contributed by atoms with Crippen molar-refractivity contribution in [1.29, 1.82) is 0 Å². The number of rotatable bonds is 8. The molecule has 9 heteroatoms. The molecule has 2 amide bonds. The molecule has 3 rings (SSSR count). The zero-order valence-corrected chi connectivity index (χ0v) is 17.4. The number of anilines is 3. The van der Waals surface area contributed by atoms with Gasteiger partial charge in [-0.1, -0.05) is 19.4 Å². The van der Waals surface area contributed by atoms with E-state index in [2.05, 4.69) is 10.6 Å². The molecule has 0 unspecified atom stereocenters. The Bertz CT molecular complexity index is 957. The number of nitrogens with zero attached hydrogens (tertiary/aromatic N) is 2. The Morgan fingerprint density at radius 3 is 2.48 bits per heavy atom. The number of non-ortho nitro benzene ring substituents is 1. The molecular formula is C22H26N4O5. The van der Waals surface area contributed by atoms with Crippen LogP contribution >= 0.6 is 0 Å². The third kappa shape index (κ3) is 6.02. The molecule has 0 aromatic heterocycles. The first-order valence-corrected chi connectivity index (χ1v) is 10.3. The number of nitro groups is 1. The maximum Gasteiger partial charge on any atom is 0.270 e. The van der Waals surface area contributed by atoms with Gasteiger partial charge in [0.05, 0.1) is 29.4 Å². The van der Waals surface area contributed by atoms with E-state index in [0.717, 1.165) is 12.8 Å². The maximum absolute atomic E-state index is 13.0. The molecule has 2 aromatic carbocycles. The summed E-state index contributed by atoms with van der Waals surface area (Å²) in [5.41, 5.74) is 1.74. The average Bonchev–Trinajstić information content (AvgIpc) is 2.78. The Hall–Kier alpha value is -3.46. The first-order valence-electron chi connectivity index (χ1n) is 10.3. The number of amides is 2. The van der Waals surface area contributed by atoms with E-state index < -0.39 is 10.8 Å². The fourth-order valence-electron chi connectivity index (χ4n) is 3.33. The minimum atomic E-state index is -0.521. The number of unbranched alkanes of at least 4 members (excludes halogenated alkanes) is 1. The van der Waals surface area contributed by atoms with Gasteiger partial charge in [-0.3, -0.25) is 19.7 Å². The zero-order chi connectivity index (χ0) is 22.2. The lowest BCUT2D eigenvalue weighted by molar-refractivity contribution is -0.384. The van der Waals surface area contributed by atoms with Crippen LogP contribution in [-0.4, -0.2) is 43.0 Å². The van der Waals surface area contributed by atoms with Gasteiger partial charge < -0.3 is 20.3 Å². The molecule has 0 bridgehead atoms. The molecule has 2 aromatic rings. The van der Waals surface area contributed by atoms with Gasteiger partial charge in [0.1, 0.15) is 0 Å². The minimum Gasteiger partial charge on any atom is -0.378 e. The average molecular weight is 426 g/mol. The highest BCUT2D eigenvalue weighted by atomic mass is 16.6. The first kappa shape index (κ1) is 22.2. The van der Waals surface area contributed by atoms with Crippen molar-refractivity contribution in [2.75, 3.05) is 41.8 Å². The van der Waals surface area contributed by atoms with E-state index in [-0.39, 0.29) is 17.2 Å². The molecular weight excluding hydrogens is 400 g/mol. The van der Waals surface area contributed by atoms with Crippen LogP contribution in [0.3, 0.4) is 0 Å². The molecule has 1 aliphatic rings. The van der Waals surface area contributed by atoms with Crippen molar-refractivity contribution in [1.82, 2.24) is 0 Å². The van der Waals surface area contributed by atoms with Gasteiger partial charge in [0.2, 0.25) is 5.91 Å². The number of nitro benzene ring substituents is 1. The Morgan fingerprint density at radius 2 is 1.81 bits per heavy atom. The molecule has 9 nitrogen and oxygen atoms in total. The van der Waals surface area contributed by atoms with Gasteiger partial charge in [0.15, 0.2) is 0 Å². The Kier molecular flexibility index (Phi) is 7.55. The lowest BCUT2D eigenvalue weighted by atomic mass is 10.1. The Balaban J connectivity index is 1.80. The molecule has 0 saturated carbocycles. The lowest BCUT2D eigenvalue weighted by Gasteiger charge is -2.30. The number of ether oxygens (including phenoxy) is 1. The summed E-state index contributed by atoms with van der Waals surface area (Å²) >= 11 is 0. The second-order valence-electron chi connectivity index (χ2n) is 7.24. The summed E-state index contributed by atoms with van der Waals surface area (Å²) in [6, 6.07) is 11.1. The molecule has 0 aliphatic carbocycles. The van der Waals surface area contributed by atoms with Crippen molar-refractivity contribution in [3.8, 4) is 0 Å². The topological polar surface area (TPSA) is 114 Å². The Labute approximate surface area is 180 Å². The van der Waals surface area contributed by atoms with Gasteiger partial charge in [-0.25, -0.2) is 0 Å². The van der Waals surface area contributed by atoms with Crippen LogP contribution in [0.1, 0.15) is 36.5 Å². The van der Waals surface area contributed by atoms with Gasteiger partial charge in [-0.15, -0.1) is 0 Å². The van der Waals surface area contributed by atoms with Crippen molar-refractivity contribution in [2.45, 2.75) is 26.2 Å². The molecule has 1 saturated heterocycles. The van der Waals surface area contributed by atoms with Crippen molar-refractivity contribution in [3.63, 3.8) is 0 Å². The van der Waals surface area contributed by atoms with E-state index in [9.17, 15) is 19.7 Å². The molecule has 2 N–H and O–H groups in total. The summed E-state index contributed by atoms with van der Waals surface area (Å²) in [6.07, 6.45) is 2.17. The minimum absolute atomic E-state index is 0.0846. The fraction of sp³-hybridized carbons (Fsp3) is 0.364. The van der Waals surface area contributed by atoms with Crippen LogP contribution in [0.4, 0.5) is 22.7 Å². The maximum atomic E-state index is 13.0. The number of hydrogen-bond donors (Lipinski definition) is 2. The summed E-state index contributed by atoms with van der Waals surface area (Å²) in [6.45, 7) is 4.26. The van der Waals surface area contributed by atoms with Crippen LogP contribution in [0.15, 0.2) is 42.5 Å². The Morgan fingerprint density at radius 1 is 1.10 bits per heavy atom. The van der Waals surface area contributed by atoms with Crippen molar-refractivity contribution < 1.29 is 19.2 Å². The number of nitrogens with one attached hydrogen (secondary N) is 2. The van der Waals surface area contributed by atoms with Crippen molar-refractivity contribution in [3.05, 3.63) is 58.1 Å². The predicted octanol–water partition coefficient (Wildman–Crippen LogP) is 3.81. The lowest BCUT2D eigenvalue weighted by Crippen LogP contribution is -2.37. The largest absolute Gasteiger partial charge is 0.378 e. The van der Waals surface area contributed by atoms with Crippen LogP contribution in [-0.2, 0) is 9.53 Å². The number of morpholine rings is 1. The molecule has 0 atom stereocenters. The molecule has 164 valence electrons. The third-order valence-electron chi connectivity index (χ3n) is 4.95. The molecule has 1 heterocycles. The van der Waals surface area contributed by atoms with Crippen molar-refractivity contribution in [2.24, 2.45) is 0 Å². The predicted molar refractivity (Wildman–Crippen MR) is 119 cm³/mol. The summed E-state index contributed by atoms with van der Waals surface area (Å²) < 4.78 is 5.36. The van der Waals surface area contributed by atoms with Gasteiger partial charge in [0.25, 0.3) is 11.6 Å². The summed E-state index contributed by atoms with van der Waals surface area (Å²) in [5.74, 6) is -0.543. The van der Waals surface area contributed by atoms with Crippen LogP contribution in [0, 0.1) is 10.1 Å². The van der Waals surface area contributed by atoms with Gasteiger partial charge in [-0.2, -0.15) is 0 Å². The number of carbonyl (C=O) groups excluding carboxylic acids is 2. The van der Waals surface area contributed by atoms with E-state index in [1.54, 1.807) is 30.3 Å². The highest BCUT2D eigenvalue weighted by molar-refractivity contribution is 6.09. The van der Waals surface area contributed by atoms with Crippen LogP contribution in [0.2, 0.25) is 0 Å². The second kappa shape index (κ2) is 10.5. The van der Waals surface area contributed by atoms with E-state index in [4.69, 9.17) is 4.74 Å². The standard InChI is InChI=1S/C22H26N4O5/c1-2-3-7-21(27)23-16-5-4-6-17(14-16)24-22(28)19-15-18(26(29)30)8-9-20(19)25-10-12-31-13-11-25/h4-6,8-9,14-15H,2-3,7,10-13H2,1H3,(H,23,27)(H,24,28). The highest BCUT2D eigenvalue weighted by Crippen LogP contribution is 2.27. The van der Waals surface area contributed by atoms with Crippen LogP contribution < -0.4 is 15.5 Å². The summed E-state index contributed by atoms with van der Waals surface area (Å²) in [7, 11) is 0. The SMILES string of the molecule is CCCCC(=O)Nc1cccc(NC(=O)c2cc([N+](=O)[O-])ccc2N2CCOCC2)c1. The van der Waals surface area contributed by atoms with Gasteiger partial charge in [-0.05, 0) is 30.7 Å². The van der Waals surface area contributed by atoms with Crippen molar-refractivity contribution >= 4 is 34.6 Å². The number of benzene rings is 2. The van der Waals surface area contributed by atoms with Crippen LogP contribution in [0.25, 0.3) is 0 Å². The first-order chi connectivity index (χ1) is 15.0. The smallest absolute Gasteiger partial charge is 0.270 e.